The predicted octanol–water partition coefficient (Wildman–Crippen LogP) is 4.23. The number of phenolic OH excluding ortho intramolecular Hbond substituents is 1. The summed E-state index contributed by atoms with van der Waals surface area (Å²) in [6.07, 6.45) is 1.09. The molecule has 0 saturated carbocycles. The van der Waals surface area contributed by atoms with E-state index in [9.17, 15) is 5.11 Å². The number of benzene rings is 2. The lowest BCUT2D eigenvalue weighted by Crippen LogP contribution is -2.15. The molecule has 2 aromatic rings. The molecule has 0 spiro atoms. The fourth-order valence-electron chi connectivity index (χ4n) is 2.06. The fraction of sp³-hybridized carbons (Fsp3) is 0.333. The maximum Gasteiger partial charge on any atom is 0.123 e. The highest BCUT2D eigenvalue weighted by Crippen LogP contribution is 2.36. The number of rotatable bonds is 2. The summed E-state index contributed by atoms with van der Waals surface area (Å²) in [5.41, 5.74) is 1.45. The van der Waals surface area contributed by atoms with E-state index in [2.05, 4.69) is 26.8 Å². The molecule has 0 aliphatic rings. The van der Waals surface area contributed by atoms with Crippen molar-refractivity contribution in [3.63, 3.8) is 0 Å². The zero-order valence-electron chi connectivity index (χ0n) is 10.1. The highest BCUT2D eigenvalue weighted by atomic mass is 16.3. The second-order valence-electron chi connectivity index (χ2n) is 4.92. The van der Waals surface area contributed by atoms with Gasteiger partial charge >= 0.3 is 0 Å². The van der Waals surface area contributed by atoms with Crippen molar-refractivity contribution >= 4 is 10.8 Å². The Morgan fingerprint density at radius 1 is 1.00 bits per heavy atom. The van der Waals surface area contributed by atoms with E-state index >= 15 is 0 Å². The summed E-state index contributed by atoms with van der Waals surface area (Å²) in [5.74, 6) is 0.367. The average molecular weight is 214 g/mol. The zero-order chi connectivity index (χ0) is 11.8. The molecule has 0 aliphatic heterocycles. The number of hydrogen-bond donors (Lipinski definition) is 1. The first-order valence-corrected chi connectivity index (χ1v) is 5.77. The molecule has 2 aromatic carbocycles. The minimum atomic E-state index is 0.146. The zero-order valence-corrected chi connectivity index (χ0v) is 10.1. The van der Waals surface area contributed by atoms with Gasteiger partial charge in [-0.2, -0.15) is 0 Å². The maximum absolute atomic E-state index is 9.83. The van der Waals surface area contributed by atoms with E-state index in [0.717, 1.165) is 17.2 Å². The Kier molecular flexibility index (Phi) is 2.63. The second-order valence-corrected chi connectivity index (χ2v) is 4.92. The summed E-state index contributed by atoms with van der Waals surface area (Å²) in [5, 5.41) is 11.9. The van der Waals surface area contributed by atoms with Gasteiger partial charge in [-0.1, -0.05) is 51.1 Å². The van der Waals surface area contributed by atoms with Crippen molar-refractivity contribution in [2.24, 2.45) is 0 Å². The third kappa shape index (κ3) is 1.67. The van der Waals surface area contributed by atoms with E-state index in [1.807, 2.05) is 24.3 Å². The summed E-state index contributed by atoms with van der Waals surface area (Å²) in [6.45, 7) is 6.68. The lowest BCUT2D eigenvalue weighted by atomic mass is 9.79. The van der Waals surface area contributed by atoms with Crippen LogP contribution in [0, 0.1) is 0 Å². The number of hydrogen-bond acceptors (Lipinski definition) is 1. The molecule has 0 radical (unpaired) electrons. The lowest BCUT2D eigenvalue weighted by molar-refractivity contribution is 0.479. The van der Waals surface area contributed by atoms with Crippen LogP contribution in [-0.4, -0.2) is 5.11 Å². The fourth-order valence-corrected chi connectivity index (χ4v) is 2.06. The molecule has 1 nitrogen and oxygen atoms in total. The molecule has 2 rings (SSSR count). The van der Waals surface area contributed by atoms with Gasteiger partial charge < -0.3 is 5.11 Å². The summed E-state index contributed by atoms with van der Waals surface area (Å²) in [6, 6.07) is 11.9. The van der Waals surface area contributed by atoms with Crippen LogP contribution in [-0.2, 0) is 5.41 Å². The molecule has 1 heteroatoms. The third-order valence-corrected chi connectivity index (χ3v) is 3.51. The van der Waals surface area contributed by atoms with Crippen LogP contribution in [0.2, 0.25) is 0 Å². The quantitative estimate of drug-likeness (QED) is 0.793. The Bertz CT molecular complexity index is 512. The molecule has 0 bridgehead atoms. The van der Waals surface area contributed by atoms with Gasteiger partial charge in [0.15, 0.2) is 0 Å². The van der Waals surface area contributed by atoms with Crippen LogP contribution < -0.4 is 0 Å². The van der Waals surface area contributed by atoms with Crippen LogP contribution in [0.3, 0.4) is 0 Å². The van der Waals surface area contributed by atoms with Crippen LogP contribution in [0.1, 0.15) is 32.8 Å². The van der Waals surface area contributed by atoms with Gasteiger partial charge in [0.1, 0.15) is 5.75 Å². The average Bonchev–Trinajstić information content (AvgIpc) is 2.29. The Labute approximate surface area is 96.7 Å². The van der Waals surface area contributed by atoms with Crippen molar-refractivity contribution in [3.05, 3.63) is 42.0 Å². The van der Waals surface area contributed by atoms with Crippen molar-refractivity contribution in [1.29, 1.82) is 0 Å². The Morgan fingerprint density at radius 3 is 2.25 bits per heavy atom. The van der Waals surface area contributed by atoms with E-state index in [-0.39, 0.29) is 5.41 Å². The van der Waals surface area contributed by atoms with Crippen molar-refractivity contribution < 1.29 is 5.11 Å². The van der Waals surface area contributed by atoms with E-state index in [0.29, 0.717) is 5.75 Å². The molecule has 0 fully saturated rings. The van der Waals surface area contributed by atoms with Crippen molar-refractivity contribution in [3.8, 4) is 5.75 Å². The summed E-state index contributed by atoms with van der Waals surface area (Å²) < 4.78 is 0. The van der Waals surface area contributed by atoms with Gasteiger partial charge in [-0.3, -0.25) is 0 Å². The molecule has 0 aromatic heterocycles. The molecule has 84 valence electrons. The van der Waals surface area contributed by atoms with Gasteiger partial charge in [0.25, 0.3) is 0 Å². The largest absolute Gasteiger partial charge is 0.507 e. The topological polar surface area (TPSA) is 20.2 Å². The third-order valence-electron chi connectivity index (χ3n) is 3.51. The smallest absolute Gasteiger partial charge is 0.123 e. The first-order chi connectivity index (χ1) is 7.56. The first-order valence-electron chi connectivity index (χ1n) is 5.77. The van der Waals surface area contributed by atoms with E-state index in [1.165, 1.54) is 5.56 Å². The van der Waals surface area contributed by atoms with Crippen LogP contribution in [0.25, 0.3) is 10.8 Å². The SMILES string of the molecule is CCC(C)(C)c1ccc(O)c2ccccc12. The van der Waals surface area contributed by atoms with Crippen LogP contribution >= 0.6 is 0 Å². The van der Waals surface area contributed by atoms with Crippen molar-refractivity contribution in [1.82, 2.24) is 0 Å². The second kappa shape index (κ2) is 3.82. The number of phenols is 1. The van der Waals surface area contributed by atoms with E-state index in [1.54, 1.807) is 6.07 Å². The highest BCUT2D eigenvalue weighted by Gasteiger charge is 2.20. The molecule has 16 heavy (non-hydrogen) atoms. The van der Waals surface area contributed by atoms with Gasteiger partial charge in [0.05, 0.1) is 0 Å². The van der Waals surface area contributed by atoms with E-state index in [4.69, 9.17) is 0 Å². The maximum atomic E-state index is 9.83. The van der Waals surface area contributed by atoms with Gasteiger partial charge in [0, 0.05) is 5.39 Å². The van der Waals surface area contributed by atoms with Gasteiger partial charge in [-0.15, -0.1) is 0 Å². The van der Waals surface area contributed by atoms with Gasteiger partial charge in [-0.25, -0.2) is 0 Å². The molecule has 0 saturated heterocycles. The highest BCUT2D eigenvalue weighted by molar-refractivity contribution is 5.91. The molecule has 0 aliphatic carbocycles. The molecular formula is C15H18O. The van der Waals surface area contributed by atoms with Crippen molar-refractivity contribution in [2.75, 3.05) is 0 Å². The molecule has 1 N–H and O–H groups in total. The first kappa shape index (κ1) is 11.0. The minimum absolute atomic E-state index is 0.146. The summed E-state index contributed by atoms with van der Waals surface area (Å²) in [4.78, 5) is 0. The molecule has 0 atom stereocenters. The Morgan fingerprint density at radius 2 is 1.62 bits per heavy atom. The molecule has 0 heterocycles. The van der Waals surface area contributed by atoms with Crippen LogP contribution in [0.4, 0.5) is 0 Å². The van der Waals surface area contributed by atoms with Crippen LogP contribution in [0.15, 0.2) is 36.4 Å². The molecule has 0 unspecified atom stereocenters. The minimum Gasteiger partial charge on any atom is -0.507 e. The number of fused-ring (bicyclic) bond motifs is 1. The summed E-state index contributed by atoms with van der Waals surface area (Å²) in [7, 11) is 0. The standard InChI is InChI=1S/C15H18O/c1-4-15(2,3)13-9-10-14(16)12-8-6-5-7-11(12)13/h5-10,16H,4H2,1-3H3. The predicted molar refractivity (Wildman–Crippen MR) is 68.9 cm³/mol. The molecule has 0 amide bonds. The van der Waals surface area contributed by atoms with Gasteiger partial charge in [-0.05, 0) is 28.9 Å². The van der Waals surface area contributed by atoms with Crippen LogP contribution in [0.5, 0.6) is 5.75 Å². The van der Waals surface area contributed by atoms with E-state index < -0.39 is 0 Å². The lowest BCUT2D eigenvalue weighted by Gasteiger charge is -2.25. The monoisotopic (exact) mass is 214 g/mol. The normalized spacial score (nSPS) is 11.9. The molecular weight excluding hydrogens is 196 g/mol. The number of aromatic hydroxyl groups is 1. The Hall–Kier alpha value is -1.50. The van der Waals surface area contributed by atoms with Gasteiger partial charge in [0.2, 0.25) is 0 Å². The van der Waals surface area contributed by atoms with Crippen molar-refractivity contribution in [2.45, 2.75) is 32.6 Å². The Balaban J connectivity index is 2.77. The summed E-state index contributed by atoms with van der Waals surface area (Å²) >= 11 is 0.